The van der Waals surface area contributed by atoms with Gasteiger partial charge < -0.3 is 11.1 Å². The molecule has 70 valence electrons. The van der Waals surface area contributed by atoms with E-state index in [9.17, 15) is 0 Å². The normalized spacial score (nSPS) is 17.5. The fourth-order valence-corrected chi connectivity index (χ4v) is 1.72. The van der Waals surface area contributed by atoms with Crippen molar-refractivity contribution in [2.75, 3.05) is 11.1 Å². The van der Waals surface area contributed by atoms with Crippen LogP contribution in [0.1, 0.15) is 25.7 Å². The Bertz CT molecular complexity index is 281. The maximum absolute atomic E-state index is 5.71. The van der Waals surface area contributed by atoms with Crippen molar-refractivity contribution in [3.05, 3.63) is 12.5 Å². The van der Waals surface area contributed by atoms with Gasteiger partial charge in [-0.2, -0.15) is 0 Å². The first-order valence-electron chi connectivity index (χ1n) is 4.68. The van der Waals surface area contributed by atoms with Crippen molar-refractivity contribution < 1.29 is 0 Å². The molecule has 4 nitrogen and oxygen atoms in total. The lowest BCUT2D eigenvalue weighted by atomic mass is 10.2. The standard InChI is InChI=1S/C9H14N4/c10-8-5-11-6-12-9(8)13-7-3-1-2-4-7/h5-7H,1-4,10H2,(H,11,12,13). The van der Waals surface area contributed by atoms with Crippen LogP contribution in [0.5, 0.6) is 0 Å². The highest BCUT2D eigenvalue weighted by atomic mass is 15.1. The topological polar surface area (TPSA) is 63.8 Å². The highest BCUT2D eigenvalue weighted by Crippen LogP contribution is 2.23. The van der Waals surface area contributed by atoms with E-state index in [4.69, 9.17) is 5.73 Å². The summed E-state index contributed by atoms with van der Waals surface area (Å²) in [5, 5.41) is 3.33. The van der Waals surface area contributed by atoms with Gasteiger partial charge in [-0.05, 0) is 12.8 Å². The first kappa shape index (κ1) is 8.29. The number of hydrogen-bond acceptors (Lipinski definition) is 4. The van der Waals surface area contributed by atoms with Gasteiger partial charge in [0.05, 0.1) is 11.9 Å². The molecule has 4 heteroatoms. The van der Waals surface area contributed by atoms with Crippen molar-refractivity contribution in [2.45, 2.75) is 31.7 Å². The minimum absolute atomic E-state index is 0.553. The van der Waals surface area contributed by atoms with Gasteiger partial charge >= 0.3 is 0 Å². The Morgan fingerprint density at radius 2 is 2.15 bits per heavy atom. The van der Waals surface area contributed by atoms with Crippen LogP contribution < -0.4 is 11.1 Å². The van der Waals surface area contributed by atoms with E-state index >= 15 is 0 Å². The van der Waals surface area contributed by atoms with Crippen LogP contribution >= 0.6 is 0 Å². The molecule has 13 heavy (non-hydrogen) atoms. The third kappa shape index (κ3) is 1.88. The van der Waals surface area contributed by atoms with Crippen LogP contribution in [0.3, 0.4) is 0 Å². The van der Waals surface area contributed by atoms with Crippen molar-refractivity contribution in [1.29, 1.82) is 0 Å². The molecule has 0 aliphatic heterocycles. The zero-order chi connectivity index (χ0) is 9.10. The van der Waals surface area contributed by atoms with E-state index in [1.54, 1.807) is 6.20 Å². The zero-order valence-corrected chi connectivity index (χ0v) is 7.53. The maximum atomic E-state index is 5.71. The number of hydrogen-bond donors (Lipinski definition) is 2. The van der Waals surface area contributed by atoms with Crippen molar-refractivity contribution in [2.24, 2.45) is 0 Å². The molecule has 1 aromatic heterocycles. The lowest BCUT2D eigenvalue weighted by molar-refractivity contribution is 0.750. The Morgan fingerprint density at radius 3 is 2.85 bits per heavy atom. The van der Waals surface area contributed by atoms with Crippen molar-refractivity contribution in [3.8, 4) is 0 Å². The van der Waals surface area contributed by atoms with Gasteiger partial charge in [0.1, 0.15) is 6.33 Å². The van der Waals surface area contributed by atoms with Gasteiger partial charge in [0.2, 0.25) is 0 Å². The Hall–Kier alpha value is -1.32. The predicted octanol–water partition coefficient (Wildman–Crippen LogP) is 1.41. The first-order chi connectivity index (χ1) is 6.36. The Kier molecular flexibility index (Phi) is 2.29. The predicted molar refractivity (Wildman–Crippen MR) is 52.3 cm³/mol. The third-order valence-electron chi connectivity index (χ3n) is 2.44. The molecule has 2 rings (SSSR count). The summed E-state index contributed by atoms with van der Waals surface area (Å²) in [6.07, 6.45) is 8.22. The number of rotatable bonds is 2. The molecule has 1 fully saturated rings. The molecule has 1 saturated carbocycles. The third-order valence-corrected chi connectivity index (χ3v) is 2.44. The molecule has 0 aromatic carbocycles. The molecule has 3 N–H and O–H groups in total. The van der Waals surface area contributed by atoms with Crippen LogP contribution in [-0.4, -0.2) is 16.0 Å². The second-order valence-electron chi connectivity index (χ2n) is 3.45. The van der Waals surface area contributed by atoms with Crippen molar-refractivity contribution in [3.63, 3.8) is 0 Å². The molecule has 0 spiro atoms. The van der Waals surface area contributed by atoms with Gasteiger partial charge in [-0.25, -0.2) is 9.97 Å². The zero-order valence-electron chi connectivity index (χ0n) is 7.53. The summed E-state index contributed by atoms with van der Waals surface area (Å²) >= 11 is 0. The molecule has 0 bridgehead atoms. The van der Waals surface area contributed by atoms with E-state index < -0.39 is 0 Å². The first-order valence-corrected chi connectivity index (χ1v) is 4.68. The summed E-state index contributed by atoms with van der Waals surface area (Å²) in [4.78, 5) is 7.94. The molecule has 0 unspecified atom stereocenters. The lowest BCUT2D eigenvalue weighted by Crippen LogP contribution is -2.16. The second-order valence-corrected chi connectivity index (χ2v) is 3.45. The van der Waals surface area contributed by atoms with Gasteiger partial charge in [-0.1, -0.05) is 12.8 Å². The average molecular weight is 178 g/mol. The molecular weight excluding hydrogens is 164 g/mol. The Balaban J connectivity index is 2.04. The van der Waals surface area contributed by atoms with Crippen LogP contribution in [0.4, 0.5) is 11.5 Å². The minimum Gasteiger partial charge on any atom is -0.394 e. The number of nitrogen functional groups attached to an aromatic ring is 1. The number of aromatic nitrogens is 2. The highest BCUT2D eigenvalue weighted by molar-refractivity contribution is 5.59. The number of nitrogens with zero attached hydrogens (tertiary/aromatic N) is 2. The molecule has 0 radical (unpaired) electrons. The average Bonchev–Trinajstić information content (AvgIpc) is 2.61. The van der Waals surface area contributed by atoms with Crippen LogP contribution in [0.2, 0.25) is 0 Å². The Morgan fingerprint density at radius 1 is 1.38 bits per heavy atom. The van der Waals surface area contributed by atoms with Crippen LogP contribution in [0.15, 0.2) is 12.5 Å². The number of nitrogens with two attached hydrogens (primary N) is 1. The monoisotopic (exact) mass is 178 g/mol. The van der Waals surface area contributed by atoms with Gasteiger partial charge in [-0.3, -0.25) is 0 Å². The van der Waals surface area contributed by atoms with E-state index in [0.29, 0.717) is 11.7 Å². The molecule has 1 aliphatic carbocycles. The van der Waals surface area contributed by atoms with Gasteiger partial charge in [0, 0.05) is 6.04 Å². The fraction of sp³-hybridized carbons (Fsp3) is 0.556. The van der Waals surface area contributed by atoms with Crippen LogP contribution in [0.25, 0.3) is 0 Å². The van der Waals surface area contributed by atoms with Crippen LogP contribution in [0, 0.1) is 0 Å². The number of anilines is 2. The minimum atomic E-state index is 0.553. The van der Waals surface area contributed by atoms with E-state index in [0.717, 1.165) is 5.82 Å². The Labute approximate surface area is 77.6 Å². The van der Waals surface area contributed by atoms with E-state index in [1.165, 1.54) is 32.0 Å². The summed E-state index contributed by atoms with van der Waals surface area (Å²) in [6.45, 7) is 0. The second kappa shape index (κ2) is 3.60. The van der Waals surface area contributed by atoms with Gasteiger partial charge in [-0.15, -0.1) is 0 Å². The molecule has 0 atom stereocenters. The van der Waals surface area contributed by atoms with Gasteiger partial charge in [0.15, 0.2) is 5.82 Å². The van der Waals surface area contributed by atoms with Gasteiger partial charge in [0.25, 0.3) is 0 Å². The van der Waals surface area contributed by atoms with E-state index in [2.05, 4.69) is 15.3 Å². The number of nitrogens with one attached hydrogen (secondary N) is 1. The molecule has 0 amide bonds. The fourth-order valence-electron chi connectivity index (χ4n) is 1.72. The molecule has 1 aliphatic rings. The quantitative estimate of drug-likeness (QED) is 0.718. The maximum Gasteiger partial charge on any atom is 0.152 e. The smallest absolute Gasteiger partial charge is 0.152 e. The molecule has 1 heterocycles. The molecule has 0 saturated heterocycles. The summed E-state index contributed by atoms with van der Waals surface area (Å²) in [5.41, 5.74) is 6.34. The van der Waals surface area contributed by atoms with Crippen LogP contribution in [-0.2, 0) is 0 Å². The molecular formula is C9H14N4. The largest absolute Gasteiger partial charge is 0.394 e. The highest BCUT2D eigenvalue weighted by Gasteiger charge is 2.15. The SMILES string of the molecule is Nc1cncnc1NC1CCCC1. The van der Waals surface area contributed by atoms with E-state index in [-0.39, 0.29) is 0 Å². The summed E-state index contributed by atoms with van der Waals surface area (Å²) in [7, 11) is 0. The summed E-state index contributed by atoms with van der Waals surface area (Å²) in [5.74, 6) is 0.780. The van der Waals surface area contributed by atoms with Crippen molar-refractivity contribution in [1.82, 2.24) is 9.97 Å². The van der Waals surface area contributed by atoms with E-state index in [1.807, 2.05) is 0 Å². The van der Waals surface area contributed by atoms with Crippen molar-refractivity contribution >= 4 is 11.5 Å². The molecule has 1 aromatic rings. The lowest BCUT2D eigenvalue weighted by Gasteiger charge is -2.13. The summed E-state index contributed by atoms with van der Waals surface area (Å²) in [6, 6.07) is 0.553. The summed E-state index contributed by atoms with van der Waals surface area (Å²) < 4.78 is 0.